The van der Waals surface area contributed by atoms with Crippen molar-refractivity contribution in [1.29, 1.82) is 0 Å². The minimum atomic E-state index is -0.303. The highest BCUT2D eigenvalue weighted by molar-refractivity contribution is 7.80. The van der Waals surface area contributed by atoms with E-state index in [1.807, 2.05) is 0 Å². The van der Waals surface area contributed by atoms with Gasteiger partial charge in [-0.1, -0.05) is 11.6 Å². The summed E-state index contributed by atoms with van der Waals surface area (Å²) in [6.07, 6.45) is 3.10. The molecule has 2 aromatic rings. The lowest BCUT2D eigenvalue weighted by Gasteiger charge is -2.04. The van der Waals surface area contributed by atoms with Crippen LogP contribution in [-0.4, -0.2) is 15.9 Å². The van der Waals surface area contributed by atoms with Gasteiger partial charge in [-0.2, -0.15) is 0 Å². The molecule has 1 aromatic carbocycles. The van der Waals surface area contributed by atoms with Crippen molar-refractivity contribution >= 4 is 36.1 Å². The third-order valence-corrected chi connectivity index (χ3v) is 2.83. The zero-order valence-corrected chi connectivity index (χ0v) is 10.2. The summed E-state index contributed by atoms with van der Waals surface area (Å²) in [6, 6.07) is 6.48. The Kier molecular flexibility index (Phi) is 3.61. The van der Waals surface area contributed by atoms with Gasteiger partial charge in [0.2, 0.25) is 5.95 Å². The fourth-order valence-electron chi connectivity index (χ4n) is 1.19. The minimum Gasteiger partial charge on any atom is -0.290 e. The van der Waals surface area contributed by atoms with Crippen LogP contribution in [0.5, 0.6) is 0 Å². The predicted molar refractivity (Wildman–Crippen MR) is 68.7 cm³/mol. The zero-order valence-electron chi connectivity index (χ0n) is 8.59. The molecule has 0 saturated carbocycles. The first kappa shape index (κ1) is 11.9. The number of thiol groups is 1. The summed E-state index contributed by atoms with van der Waals surface area (Å²) in [5.41, 5.74) is 0.451. The van der Waals surface area contributed by atoms with E-state index < -0.39 is 0 Å². The van der Waals surface area contributed by atoms with Gasteiger partial charge in [0.15, 0.2) is 0 Å². The number of amides is 1. The number of carbonyl (C=O) groups is 1. The van der Waals surface area contributed by atoms with Crippen LogP contribution in [0.4, 0.5) is 5.95 Å². The molecule has 6 heteroatoms. The van der Waals surface area contributed by atoms with Crippen LogP contribution in [0.2, 0.25) is 5.02 Å². The van der Waals surface area contributed by atoms with Crippen LogP contribution in [0.1, 0.15) is 10.4 Å². The molecule has 1 amide bonds. The molecule has 4 nitrogen and oxygen atoms in total. The summed E-state index contributed by atoms with van der Waals surface area (Å²) >= 11 is 9.96. The molecular weight excluding hydrogens is 258 g/mol. The molecule has 1 N–H and O–H groups in total. The Bertz CT molecular complexity index is 548. The predicted octanol–water partition coefficient (Wildman–Crippen LogP) is 2.67. The number of rotatable bonds is 2. The fourth-order valence-corrected chi connectivity index (χ4v) is 1.52. The van der Waals surface area contributed by atoms with Gasteiger partial charge in [-0.15, -0.1) is 12.6 Å². The standard InChI is InChI=1S/C11H8ClN3OS/c12-8-3-2-7(6-9(8)17)10(16)15-11-13-4-1-5-14-11/h1-6,17H,(H,13,14,15,16). The van der Waals surface area contributed by atoms with E-state index in [9.17, 15) is 4.79 Å². The van der Waals surface area contributed by atoms with E-state index in [4.69, 9.17) is 11.6 Å². The molecule has 0 aliphatic rings. The van der Waals surface area contributed by atoms with Crippen molar-refractivity contribution in [1.82, 2.24) is 9.97 Å². The Morgan fingerprint density at radius 3 is 2.65 bits per heavy atom. The number of aromatic nitrogens is 2. The maximum atomic E-state index is 11.8. The average molecular weight is 266 g/mol. The molecule has 17 heavy (non-hydrogen) atoms. The van der Waals surface area contributed by atoms with E-state index in [2.05, 4.69) is 27.9 Å². The fraction of sp³-hybridized carbons (Fsp3) is 0. The normalized spacial score (nSPS) is 10.0. The molecular formula is C11H8ClN3OS. The van der Waals surface area contributed by atoms with Crippen molar-refractivity contribution in [2.75, 3.05) is 5.32 Å². The smallest absolute Gasteiger partial charge is 0.258 e. The highest BCUT2D eigenvalue weighted by Gasteiger charge is 2.08. The first-order chi connectivity index (χ1) is 8.16. The Morgan fingerprint density at radius 1 is 1.29 bits per heavy atom. The van der Waals surface area contributed by atoms with Gasteiger partial charge in [0.1, 0.15) is 0 Å². The molecule has 2 rings (SSSR count). The van der Waals surface area contributed by atoms with Crippen LogP contribution >= 0.6 is 24.2 Å². The number of benzene rings is 1. The van der Waals surface area contributed by atoms with E-state index in [-0.39, 0.29) is 11.9 Å². The number of hydrogen-bond donors (Lipinski definition) is 2. The third kappa shape index (κ3) is 2.95. The average Bonchev–Trinajstić information content (AvgIpc) is 2.34. The topological polar surface area (TPSA) is 54.9 Å². The van der Waals surface area contributed by atoms with E-state index in [1.54, 1.807) is 36.7 Å². The number of nitrogens with zero attached hydrogens (tertiary/aromatic N) is 2. The first-order valence-electron chi connectivity index (χ1n) is 4.74. The van der Waals surface area contributed by atoms with E-state index in [1.165, 1.54) is 0 Å². The molecule has 0 aliphatic heterocycles. The van der Waals surface area contributed by atoms with Crippen molar-refractivity contribution in [3.05, 3.63) is 47.2 Å². The number of hydrogen-bond acceptors (Lipinski definition) is 4. The molecule has 0 aliphatic carbocycles. The monoisotopic (exact) mass is 265 g/mol. The highest BCUT2D eigenvalue weighted by Crippen LogP contribution is 2.21. The highest BCUT2D eigenvalue weighted by atomic mass is 35.5. The van der Waals surface area contributed by atoms with E-state index in [0.29, 0.717) is 15.5 Å². The molecule has 0 atom stereocenters. The summed E-state index contributed by atoms with van der Waals surface area (Å²) in [5.74, 6) is -0.0451. The van der Waals surface area contributed by atoms with Crippen LogP contribution < -0.4 is 5.32 Å². The quantitative estimate of drug-likeness (QED) is 0.821. The van der Waals surface area contributed by atoms with Gasteiger partial charge in [-0.25, -0.2) is 9.97 Å². The Balaban J connectivity index is 2.18. The summed E-state index contributed by atoms with van der Waals surface area (Å²) in [7, 11) is 0. The Labute approximate surface area is 108 Å². The summed E-state index contributed by atoms with van der Waals surface area (Å²) in [5, 5.41) is 3.07. The van der Waals surface area contributed by atoms with E-state index in [0.717, 1.165) is 0 Å². The lowest BCUT2D eigenvalue weighted by molar-refractivity contribution is 0.102. The molecule has 1 aromatic heterocycles. The number of halogens is 1. The molecule has 1 heterocycles. The minimum absolute atomic E-state index is 0.258. The lowest BCUT2D eigenvalue weighted by Crippen LogP contribution is -2.13. The van der Waals surface area contributed by atoms with Crippen LogP contribution in [0.15, 0.2) is 41.6 Å². The molecule has 86 valence electrons. The molecule has 0 unspecified atom stereocenters. The van der Waals surface area contributed by atoms with Crippen molar-refractivity contribution in [3.8, 4) is 0 Å². The summed E-state index contributed by atoms with van der Waals surface area (Å²) in [4.78, 5) is 20.2. The maximum Gasteiger partial charge on any atom is 0.258 e. The van der Waals surface area contributed by atoms with Gasteiger partial charge in [0.05, 0.1) is 5.02 Å². The largest absolute Gasteiger partial charge is 0.290 e. The first-order valence-corrected chi connectivity index (χ1v) is 5.56. The molecule has 0 fully saturated rings. The number of carbonyl (C=O) groups excluding carboxylic acids is 1. The van der Waals surface area contributed by atoms with Crippen LogP contribution in [0, 0.1) is 0 Å². The van der Waals surface area contributed by atoms with Crippen LogP contribution in [-0.2, 0) is 0 Å². The Hall–Kier alpha value is -1.59. The van der Waals surface area contributed by atoms with Gasteiger partial charge < -0.3 is 0 Å². The maximum absolute atomic E-state index is 11.8. The van der Waals surface area contributed by atoms with Gasteiger partial charge >= 0.3 is 0 Å². The van der Waals surface area contributed by atoms with Gasteiger partial charge in [-0.05, 0) is 24.3 Å². The molecule has 0 saturated heterocycles. The molecule has 0 spiro atoms. The summed E-state index contributed by atoms with van der Waals surface area (Å²) in [6.45, 7) is 0. The number of nitrogens with one attached hydrogen (secondary N) is 1. The van der Waals surface area contributed by atoms with Crippen LogP contribution in [0.25, 0.3) is 0 Å². The van der Waals surface area contributed by atoms with Gasteiger partial charge in [0.25, 0.3) is 5.91 Å². The summed E-state index contributed by atoms with van der Waals surface area (Å²) < 4.78 is 0. The van der Waals surface area contributed by atoms with Gasteiger partial charge in [-0.3, -0.25) is 10.1 Å². The second-order valence-electron chi connectivity index (χ2n) is 3.19. The second-order valence-corrected chi connectivity index (χ2v) is 4.08. The van der Waals surface area contributed by atoms with Crippen molar-refractivity contribution in [2.24, 2.45) is 0 Å². The van der Waals surface area contributed by atoms with Crippen LogP contribution in [0.3, 0.4) is 0 Å². The SMILES string of the molecule is O=C(Nc1ncccn1)c1ccc(Cl)c(S)c1. The van der Waals surface area contributed by atoms with Crippen molar-refractivity contribution < 1.29 is 4.79 Å². The zero-order chi connectivity index (χ0) is 12.3. The Morgan fingerprint density at radius 2 is 2.00 bits per heavy atom. The number of anilines is 1. The van der Waals surface area contributed by atoms with Gasteiger partial charge in [0, 0.05) is 22.9 Å². The van der Waals surface area contributed by atoms with Crippen molar-refractivity contribution in [3.63, 3.8) is 0 Å². The molecule has 0 radical (unpaired) electrons. The third-order valence-electron chi connectivity index (χ3n) is 2.00. The van der Waals surface area contributed by atoms with Crippen molar-refractivity contribution in [2.45, 2.75) is 4.90 Å². The van der Waals surface area contributed by atoms with E-state index >= 15 is 0 Å². The lowest BCUT2D eigenvalue weighted by atomic mass is 10.2. The second kappa shape index (κ2) is 5.16. The molecule has 0 bridgehead atoms.